The zero-order valence-corrected chi connectivity index (χ0v) is 5.99. The quantitative estimate of drug-likeness (QED) is 0.543. The first-order valence-corrected chi connectivity index (χ1v) is 3.58. The molecule has 1 aromatic rings. The molecule has 0 radical (unpaired) electrons. The van der Waals surface area contributed by atoms with Gasteiger partial charge >= 0.3 is 0 Å². The van der Waals surface area contributed by atoms with Crippen LogP contribution in [0.2, 0.25) is 0 Å². The minimum absolute atomic E-state index is 0.526. The third-order valence-electron chi connectivity index (χ3n) is 0.950. The number of hydrogen-bond donors (Lipinski definition) is 0. The van der Waals surface area contributed by atoms with E-state index in [1.165, 1.54) is 17.4 Å². The van der Waals surface area contributed by atoms with Crippen LogP contribution in [0, 0.1) is 12.3 Å². The highest BCUT2D eigenvalue weighted by Crippen LogP contribution is 2.12. The third kappa shape index (κ3) is 1.71. The van der Waals surface area contributed by atoms with Gasteiger partial charge in [0.2, 0.25) is 0 Å². The molecule has 0 bridgehead atoms. The summed E-state index contributed by atoms with van der Waals surface area (Å²) in [4.78, 5) is 0.843. The summed E-state index contributed by atoms with van der Waals surface area (Å²) < 4.78 is 12.3. The average molecular weight is 152 g/mol. The maximum Gasteiger partial charge on any atom is 0.174 e. The SMILES string of the molecule is C#CC(F)=Cc1cccs1. The summed E-state index contributed by atoms with van der Waals surface area (Å²) in [6.07, 6.45) is 6.14. The molecule has 0 unspecified atom stereocenters. The van der Waals surface area contributed by atoms with Gasteiger partial charge in [0.1, 0.15) is 0 Å². The Morgan fingerprint density at radius 3 is 3.10 bits per heavy atom. The van der Waals surface area contributed by atoms with Crippen molar-refractivity contribution in [2.24, 2.45) is 0 Å². The summed E-state index contributed by atoms with van der Waals surface area (Å²) in [5, 5.41) is 1.87. The normalized spacial score (nSPS) is 11.0. The summed E-state index contributed by atoms with van der Waals surface area (Å²) in [7, 11) is 0. The molecular weight excluding hydrogens is 147 g/mol. The van der Waals surface area contributed by atoms with Gasteiger partial charge in [-0.2, -0.15) is 4.39 Å². The van der Waals surface area contributed by atoms with Crippen molar-refractivity contribution in [3.05, 3.63) is 28.2 Å². The van der Waals surface area contributed by atoms with Crippen molar-refractivity contribution < 1.29 is 4.39 Å². The van der Waals surface area contributed by atoms with Crippen molar-refractivity contribution in [2.75, 3.05) is 0 Å². The van der Waals surface area contributed by atoms with Gasteiger partial charge in [0.15, 0.2) is 5.83 Å². The topological polar surface area (TPSA) is 0 Å². The van der Waals surface area contributed by atoms with E-state index in [4.69, 9.17) is 6.42 Å². The minimum Gasteiger partial charge on any atom is -0.197 e. The summed E-state index contributed by atoms with van der Waals surface area (Å²) in [5.74, 6) is 1.38. The van der Waals surface area contributed by atoms with Crippen LogP contribution in [0.1, 0.15) is 4.88 Å². The first-order chi connectivity index (χ1) is 4.83. The van der Waals surface area contributed by atoms with Gasteiger partial charge in [-0.25, -0.2) is 0 Å². The van der Waals surface area contributed by atoms with Gasteiger partial charge in [0, 0.05) is 4.88 Å². The Bertz CT molecular complexity index is 264. The van der Waals surface area contributed by atoms with Crippen molar-refractivity contribution in [1.29, 1.82) is 0 Å². The Hall–Kier alpha value is -1.07. The van der Waals surface area contributed by atoms with E-state index >= 15 is 0 Å². The van der Waals surface area contributed by atoms with E-state index in [1.54, 1.807) is 0 Å². The van der Waals surface area contributed by atoms with Gasteiger partial charge in [-0.05, 0) is 23.4 Å². The van der Waals surface area contributed by atoms with Crippen molar-refractivity contribution in [3.8, 4) is 12.3 Å². The molecule has 0 nitrogen and oxygen atoms in total. The second-order valence-electron chi connectivity index (χ2n) is 1.65. The Kier molecular flexibility index (Phi) is 2.24. The van der Waals surface area contributed by atoms with E-state index in [9.17, 15) is 4.39 Å². The number of hydrogen-bond acceptors (Lipinski definition) is 1. The molecule has 0 aliphatic carbocycles. The maximum atomic E-state index is 12.3. The second kappa shape index (κ2) is 3.19. The molecule has 0 fully saturated rings. The van der Waals surface area contributed by atoms with Gasteiger partial charge in [-0.3, -0.25) is 0 Å². The number of allylic oxidation sites excluding steroid dienone is 1. The van der Waals surface area contributed by atoms with E-state index in [1.807, 2.05) is 23.4 Å². The fourth-order valence-corrected chi connectivity index (χ4v) is 1.18. The Morgan fingerprint density at radius 2 is 2.60 bits per heavy atom. The fourth-order valence-electron chi connectivity index (χ4n) is 0.540. The Labute approximate surface area is 63.0 Å². The molecule has 2 heteroatoms. The summed E-state index contributed by atoms with van der Waals surface area (Å²) in [6.45, 7) is 0. The van der Waals surface area contributed by atoms with Crippen LogP contribution in [-0.2, 0) is 0 Å². The van der Waals surface area contributed by atoms with Crippen LogP contribution in [0.4, 0.5) is 4.39 Å². The highest BCUT2D eigenvalue weighted by molar-refractivity contribution is 7.10. The molecule has 0 amide bonds. The van der Waals surface area contributed by atoms with Crippen LogP contribution in [0.25, 0.3) is 6.08 Å². The molecular formula is C8H5FS. The van der Waals surface area contributed by atoms with Crippen molar-refractivity contribution in [1.82, 2.24) is 0 Å². The predicted molar refractivity (Wildman–Crippen MR) is 42.2 cm³/mol. The van der Waals surface area contributed by atoms with E-state index in [2.05, 4.69) is 0 Å². The zero-order chi connectivity index (χ0) is 7.40. The summed E-state index contributed by atoms with van der Waals surface area (Å²) >= 11 is 1.45. The average Bonchev–Trinajstić information content (AvgIpc) is 2.40. The largest absolute Gasteiger partial charge is 0.197 e. The molecule has 1 aromatic heterocycles. The molecule has 0 saturated carbocycles. The molecule has 0 saturated heterocycles. The van der Waals surface area contributed by atoms with Gasteiger partial charge < -0.3 is 0 Å². The highest BCUT2D eigenvalue weighted by Gasteiger charge is 1.89. The van der Waals surface area contributed by atoms with Crippen molar-refractivity contribution in [3.63, 3.8) is 0 Å². The van der Waals surface area contributed by atoms with Gasteiger partial charge in [0.05, 0.1) is 0 Å². The minimum atomic E-state index is -0.526. The monoisotopic (exact) mass is 152 g/mol. The van der Waals surface area contributed by atoms with Crippen LogP contribution in [-0.4, -0.2) is 0 Å². The number of terminal acetylenes is 1. The molecule has 0 aliphatic rings. The lowest BCUT2D eigenvalue weighted by Crippen LogP contribution is -1.62. The number of halogens is 1. The Balaban J connectivity index is 2.83. The third-order valence-corrected chi connectivity index (χ3v) is 1.77. The highest BCUT2D eigenvalue weighted by atomic mass is 32.1. The van der Waals surface area contributed by atoms with Gasteiger partial charge in [0.25, 0.3) is 0 Å². The van der Waals surface area contributed by atoms with Crippen molar-refractivity contribution in [2.45, 2.75) is 0 Å². The lowest BCUT2D eigenvalue weighted by atomic mass is 10.4. The molecule has 0 spiro atoms. The Morgan fingerprint density at radius 1 is 1.80 bits per heavy atom. The number of rotatable bonds is 1. The molecule has 0 aliphatic heterocycles. The first-order valence-electron chi connectivity index (χ1n) is 2.70. The predicted octanol–water partition coefficient (Wildman–Crippen LogP) is 2.69. The summed E-state index contributed by atoms with van der Waals surface area (Å²) in [6, 6.07) is 3.65. The number of thiophene rings is 1. The van der Waals surface area contributed by atoms with E-state index in [0.29, 0.717) is 0 Å². The lowest BCUT2D eigenvalue weighted by Gasteiger charge is -1.80. The molecule has 10 heavy (non-hydrogen) atoms. The molecule has 0 atom stereocenters. The van der Waals surface area contributed by atoms with Crippen LogP contribution in [0.15, 0.2) is 23.3 Å². The van der Waals surface area contributed by atoms with Crippen LogP contribution < -0.4 is 0 Å². The summed E-state index contributed by atoms with van der Waals surface area (Å²) in [5.41, 5.74) is 0. The van der Waals surface area contributed by atoms with Gasteiger partial charge in [-0.1, -0.05) is 6.07 Å². The van der Waals surface area contributed by atoms with Crippen LogP contribution in [0.3, 0.4) is 0 Å². The zero-order valence-electron chi connectivity index (χ0n) is 5.17. The van der Waals surface area contributed by atoms with Crippen LogP contribution in [0.5, 0.6) is 0 Å². The molecule has 0 aromatic carbocycles. The van der Waals surface area contributed by atoms with Gasteiger partial charge in [-0.15, -0.1) is 17.8 Å². The molecule has 1 heterocycles. The molecule has 1 rings (SSSR count). The van der Waals surface area contributed by atoms with Crippen molar-refractivity contribution >= 4 is 17.4 Å². The van der Waals surface area contributed by atoms with Crippen LogP contribution >= 0.6 is 11.3 Å². The molecule has 50 valence electrons. The van der Waals surface area contributed by atoms with E-state index < -0.39 is 5.83 Å². The lowest BCUT2D eigenvalue weighted by molar-refractivity contribution is 0.683. The van der Waals surface area contributed by atoms with E-state index in [-0.39, 0.29) is 0 Å². The fraction of sp³-hybridized carbons (Fsp3) is 0. The first kappa shape index (κ1) is 7.04. The second-order valence-corrected chi connectivity index (χ2v) is 2.63. The smallest absolute Gasteiger partial charge is 0.174 e. The molecule has 0 N–H and O–H groups in total. The standard InChI is InChI=1S/C8H5FS/c1-2-7(9)6-8-4-3-5-10-8/h1,3-6H. The maximum absolute atomic E-state index is 12.3. The van der Waals surface area contributed by atoms with E-state index in [0.717, 1.165) is 4.88 Å².